The molecule has 5 rings (SSSR count). The third kappa shape index (κ3) is 2.50. The molecule has 1 amide bonds. The zero-order chi connectivity index (χ0) is 16.2. The van der Waals surface area contributed by atoms with Crippen LogP contribution in [0, 0.1) is 23.2 Å². The normalized spacial score (nSPS) is 36.0. The van der Waals surface area contributed by atoms with Crippen molar-refractivity contribution in [2.45, 2.75) is 51.5 Å². The van der Waals surface area contributed by atoms with Crippen LogP contribution in [-0.2, 0) is 7.05 Å². The highest BCUT2D eigenvalue weighted by molar-refractivity contribution is 5.92. The van der Waals surface area contributed by atoms with Gasteiger partial charge in [0, 0.05) is 19.2 Å². The molecule has 0 saturated heterocycles. The van der Waals surface area contributed by atoms with E-state index in [2.05, 4.69) is 17.3 Å². The van der Waals surface area contributed by atoms with Crippen LogP contribution in [0.2, 0.25) is 0 Å². The average Bonchev–Trinajstić information content (AvgIpc) is 2.48. The molecule has 124 valence electrons. The topological polar surface area (TPSA) is 64.0 Å². The van der Waals surface area contributed by atoms with Gasteiger partial charge in [0.05, 0.1) is 0 Å². The van der Waals surface area contributed by atoms with E-state index >= 15 is 0 Å². The second-order valence-corrected chi connectivity index (χ2v) is 8.16. The minimum absolute atomic E-state index is 0.163. The van der Waals surface area contributed by atoms with Crippen molar-refractivity contribution in [1.29, 1.82) is 0 Å². The first-order valence-corrected chi connectivity index (χ1v) is 8.80. The Morgan fingerprint density at radius 1 is 1.22 bits per heavy atom. The monoisotopic (exact) mass is 315 g/mol. The summed E-state index contributed by atoms with van der Waals surface area (Å²) < 4.78 is 1.21. The number of amides is 1. The first kappa shape index (κ1) is 14.9. The number of hydrogen-bond acceptors (Lipinski definition) is 3. The van der Waals surface area contributed by atoms with Crippen molar-refractivity contribution in [2.75, 3.05) is 0 Å². The second kappa shape index (κ2) is 5.18. The van der Waals surface area contributed by atoms with Crippen LogP contribution in [0.1, 0.15) is 55.9 Å². The van der Waals surface area contributed by atoms with Gasteiger partial charge in [-0.1, -0.05) is 0 Å². The summed E-state index contributed by atoms with van der Waals surface area (Å²) in [6.07, 6.45) is 8.01. The molecule has 0 unspecified atom stereocenters. The second-order valence-electron chi connectivity index (χ2n) is 8.16. The maximum Gasteiger partial charge on any atom is 0.271 e. The van der Waals surface area contributed by atoms with Crippen LogP contribution in [0.3, 0.4) is 0 Å². The minimum atomic E-state index is -0.198. The Hall–Kier alpha value is -1.65. The van der Waals surface area contributed by atoms with Crippen LogP contribution in [-0.4, -0.2) is 21.7 Å². The van der Waals surface area contributed by atoms with Crippen molar-refractivity contribution in [3.8, 4) is 0 Å². The summed E-state index contributed by atoms with van der Waals surface area (Å²) in [4.78, 5) is 23.9. The molecule has 1 aromatic rings. The molecule has 1 heterocycles. The molecule has 0 aromatic carbocycles. The standard InChI is InChI=1S/C18H25N3O2/c1-11(19-17(23)15-3-4-16(22)21(2)20-15)18-8-12-5-13(9-18)7-14(6-12)10-18/h3-4,11-14H,5-10H2,1-2H3,(H,19,23)/t11-,12?,13?,14?,18?/m0/s1. The lowest BCUT2D eigenvalue weighted by atomic mass is 9.48. The van der Waals surface area contributed by atoms with E-state index in [1.165, 1.54) is 55.3 Å². The van der Waals surface area contributed by atoms with E-state index in [1.807, 2.05) is 0 Å². The smallest absolute Gasteiger partial charge is 0.271 e. The SMILES string of the molecule is C[C@H](NC(=O)c1ccc(=O)n(C)n1)C12CC3CC(CC(C3)C1)C2. The van der Waals surface area contributed by atoms with E-state index in [0.29, 0.717) is 5.69 Å². The van der Waals surface area contributed by atoms with Crippen molar-refractivity contribution in [3.63, 3.8) is 0 Å². The molecule has 0 spiro atoms. The van der Waals surface area contributed by atoms with E-state index in [1.54, 1.807) is 7.05 Å². The first-order valence-electron chi connectivity index (χ1n) is 8.80. The number of nitrogens with one attached hydrogen (secondary N) is 1. The molecule has 1 N–H and O–H groups in total. The predicted molar refractivity (Wildman–Crippen MR) is 87.0 cm³/mol. The summed E-state index contributed by atoms with van der Waals surface area (Å²) in [5, 5.41) is 7.25. The van der Waals surface area contributed by atoms with Crippen LogP contribution >= 0.6 is 0 Å². The van der Waals surface area contributed by atoms with Gasteiger partial charge in [0.1, 0.15) is 5.69 Å². The maximum absolute atomic E-state index is 12.5. The fourth-order valence-corrected chi connectivity index (χ4v) is 5.76. The number of aromatic nitrogens is 2. The Morgan fingerprint density at radius 2 is 1.78 bits per heavy atom. The Morgan fingerprint density at radius 3 is 2.30 bits per heavy atom. The van der Waals surface area contributed by atoms with Gasteiger partial charge in [-0.25, -0.2) is 4.68 Å². The quantitative estimate of drug-likeness (QED) is 0.929. The number of hydrogen-bond donors (Lipinski definition) is 1. The number of rotatable bonds is 3. The summed E-state index contributed by atoms with van der Waals surface area (Å²) in [5.41, 5.74) is 0.407. The van der Waals surface area contributed by atoms with Gasteiger partial charge in [0.15, 0.2) is 0 Å². The third-order valence-corrected chi connectivity index (χ3v) is 6.54. The van der Waals surface area contributed by atoms with E-state index in [-0.39, 0.29) is 22.9 Å². The molecule has 23 heavy (non-hydrogen) atoms. The molecule has 4 aliphatic carbocycles. The van der Waals surface area contributed by atoms with Crippen molar-refractivity contribution >= 4 is 5.91 Å². The Labute approximate surface area is 136 Å². The molecular weight excluding hydrogens is 290 g/mol. The molecule has 1 atom stereocenters. The molecule has 5 nitrogen and oxygen atoms in total. The van der Waals surface area contributed by atoms with Crippen molar-refractivity contribution < 1.29 is 4.79 Å². The maximum atomic E-state index is 12.5. The van der Waals surface area contributed by atoms with Crippen molar-refractivity contribution in [3.05, 3.63) is 28.2 Å². The van der Waals surface area contributed by atoms with Crippen LogP contribution < -0.4 is 10.9 Å². The van der Waals surface area contributed by atoms with E-state index < -0.39 is 0 Å². The lowest BCUT2D eigenvalue weighted by molar-refractivity contribution is -0.0688. The van der Waals surface area contributed by atoms with E-state index in [4.69, 9.17) is 0 Å². The van der Waals surface area contributed by atoms with Crippen LogP contribution in [0.25, 0.3) is 0 Å². The van der Waals surface area contributed by atoms with Gasteiger partial charge in [-0.3, -0.25) is 9.59 Å². The van der Waals surface area contributed by atoms with Crippen LogP contribution in [0.4, 0.5) is 0 Å². The van der Waals surface area contributed by atoms with Crippen molar-refractivity contribution in [2.24, 2.45) is 30.2 Å². The Balaban J connectivity index is 1.51. The Kier molecular flexibility index (Phi) is 3.36. The minimum Gasteiger partial charge on any atom is -0.348 e. The van der Waals surface area contributed by atoms with Gasteiger partial charge in [-0.2, -0.15) is 5.10 Å². The highest BCUT2D eigenvalue weighted by Gasteiger charge is 2.53. The van der Waals surface area contributed by atoms with Gasteiger partial charge >= 0.3 is 0 Å². The summed E-state index contributed by atoms with van der Waals surface area (Å²) in [5.74, 6) is 2.45. The van der Waals surface area contributed by atoms with Gasteiger partial charge in [-0.05, 0) is 74.7 Å². The molecule has 4 saturated carbocycles. The highest BCUT2D eigenvalue weighted by Crippen LogP contribution is 2.61. The summed E-state index contributed by atoms with van der Waals surface area (Å²) in [6.45, 7) is 2.16. The lowest BCUT2D eigenvalue weighted by Crippen LogP contribution is -2.55. The molecule has 5 heteroatoms. The Bertz CT molecular complexity index is 658. The fraction of sp³-hybridized carbons (Fsp3) is 0.722. The number of carbonyl (C=O) groups excluding carboxylic acids is 1. The largest absolute Gasteiger partial charge is 0.348 e. The van der Waals surface area contributed by atoms with Gasteiger partial charge in [0.2, 0.25) is 0 Å². The van der Waals surface area contributed by atoms with Crippen LogP contribution in [0.5, 0.6) is 0 Å². The average molecular weight is 315 g/mol. The highest BCUT2D eigenvalue weighted by atomic mass is 16.2. The number of aryl methyl sites for hydroxylation is 1. The lowest BCUT2D eigenvalue weighted by Gasteiger charge is -2.59. The van der Waals surface area contributed by atoms with Crippen LogP contribution in [0.15, 0.2) is 16.9 Å². The summed E-state index contributed by atoms with van der Waals surface area (Å²) >= 11 is 0. The third-order valence-electron chi connectivity index (χ3n) is 6.54. The van der Waals surface area contributed by atoms with E-state index in [0.717, 1.165) is 17.8 Å². The molecule has 1 aromatic heterocycles. The van der Waals surface area contributed by atoms with Crippen molar-refractivity contribution in [1.82, 2.24) is 15.1 Å². The molecule has 4 aliphatic rings. The molecule has 4 bridgehead atoms. The number of carbonyl (C=O) groups is 1. The molecule has 0 radical (unpaired) electrons. The summed E-state index contributed by atoms with van der Waals surface area (Å²) in [6, 6.07) is 3.09. The first-order chi connectivity index (χ1) is 10.9. The predicted octanol–water partition coefficient (Wildman–Crippen LogP) is 2.11. The zero-order valence-electron chi connectivity index (χ0n) is 13.9. The zero-order valence-corrected chi connectivity index (χ0v) is 13.9. The summed E-state index contributed by atoms with van der Waals surface area (Å²) in [7, 11) is 1.57. The van der Waals surface area contributed by atoms with Gasteiger partial charge in [-0.15, -0.1) is 0 Å². The van der Waals surface area contributed by atoms with Gasteiger partial charge < -0.3 is 5.32 Å². The fourth-order valence-electron chi connectivity index (χ4n) is 5.76. The molecule has 0 aliphatic heterocycles. The molecular formula is C18H25N3O2. The number of nitrogens with zero attached hydrogens (tertiary/aromatic N) is 2. The van der Waals surface area contributed by atoms with E-state index in [9.17, 15) is 9.59 Å². The van der Waals surface area contributed by atoms with Gasteiger partial charge in [0.25, 0.3) is 11.5 Å². The molecule has 4 fully saturated rings.